The Morgan fingerprint density at radius 2 is 1.83 bits per heavy atom. The number of nitrogens with zero attached hydrogens (tertiary/aromatic N) is 4. The van der Waals surface area contributed by atoms with Crippen LogP contribution in [0.25, 0.3) is 0 Å². The standard InChI is InChI=1S/C22H25ClN4OS/c1-5-27(6-2)14-24-19-11-16(4)20(12-15(19)3)28-22-25-21(26-29-22)13-17-7-9-18(23)10-8-17/h7-12,14H,5-6,13H2,1-4H3/b24-14-. The fourth-order valence-corrected chi connectivity index (χ4v) is 3.47. The van der Waals surface area contributed by atoms with Gasteiger partial charge < -0.3 is 9.64 Å². The van der Waals surface area contributed by atoms with Crippen LogP contribution < -0.4 is 4.74 Å². The Morgan fingerprint density at radius 3 is 2.52 bits per heavy atom. The Morgan fingerprint density at radius 1 is 1.10 bits per heavy atom. The van der Waals surface area contributed by atoms with E-state index in [9.17, 15) is 0 Å². The van der Waals surface area contributed by atoms with E-state index in [4.69, 9.17) is 16.3 Å². The highest BCUT2D eigenvalue weighted by molar-refractivity contribution is 7.07. The molecule has 0 radical (unpaired) electrons. The molecule has 0 bridgehead atoms. The number of aliphatic imine (C=N–C) groups is 1. The molecular weight excluding hydrogens is 404 g/mol. The smallest absolute Gasteiger partial charge is 0.298 e. The van der Waals surface area contributed by atoms with Crippen molar-refractivity contribution in [3.8, 4) is 10.9 Å². The normalized spacial score (nSPS) is 11.2. The molecule has 152 valence electrons. The van der Waals surface area contributed by atoms with Crippen LogP contribution in [0, 0.1) is 13.8 Å². The molecule has 0 amide bonds. The monoisotopic (exact) mass is 428 g/mol. The minimum atomic E-state index is 0.538. The molecule has 0 aliphatic heterocycles. The summed E-state index contributed by atoms with van der Waals surface area (Å²) in [4.78, 5) is 11.3. The van der Waals surface area contributed by atoms with Crippen molar-refractivity contribution in [2.24, 2.45) is 4.99 Å². The van der Waals surface area contributed by atoms with E-state index >= 15 is 0 Å². The molecule has 3 aromatic rings. The summed E-state index contributed by atoms with van der Waals surface area (Å²) >= 11 is 7.20. The molecule has 5 nitrogen and oxygen atoms in total. The van der Waals surface area contributed by atoms with E-state index in [-0.39, 0.29) is 0 Å². The molecule has 2 aromatic carbocycles. The van der Waals surface area contributed by atoms with Crippen molar-refractivity contribution in [3.05, 3.63) is 63.9 Å². The molecule has 0 aliphatic carbocycles. The number of aromatic nitrogens is 2. The average molecular weight is 429 g/mol. The Balaban J connectivity index is 1.71. The quantitative estimate of drug-likeness (QED) is 0.317. The third-order valence-electron chi connectivity index (χ3n) is 4.59. The van der Waals surface area contributed by atoms with Gasteiger partial charge in [-0.1, -0.05) is 23.7 Å². The lowest BCUT2D eigenvalue weighted by Gasteiger charge is -2.14. The fraction of sp³-hybridized carbons (Fsp3) is 0.318. The molecule has 0 fully saturated rings. The maximum atomic E-state index is 6.01. The molecule has 0 N–H and O–H groups in total. The fourth-order valence-electron chi connectivity index (χ4n) is 2.78. The summed E-state index contributed by atoms with van der Waals surface area (Å²) in [5.41, 5.74) is 4.13. The van der Waals surface area contributed by atoms with Crippen molar-refractivity contribution in [2.75, 3.05) is 13.1 Å². The van der Waals surface area contributed by atoms with Gasteiger partial charge >= 0.3 is 0 Å². The van der Waals surface area contributed by atoms with Crippen molar-refractivity contribution >= 4 is 35.2 Å². The number of halogens is 1. The van der Waals surface area contributed by atoms with Gasteiger partial charge in [0.1, 0.15) is 5.75 Å². The van der Waals surface area contributed by atoms with E-state index in [1.54, 1.807) is 0 Å². The molecule has 7 heteroatoms. The summed E-state index contributed by atoms with van der Waals surface area (Å²) in [7, 11) is 0. The molecule has 0 atom stereocenters. The van der Waals surface area contributed by atoms with E-state index in [1.807, 2.05) is 56.6 Å². The van der Waals surface area contributed by atoms with E-state index in [0.29, 0.717) is 11.6 Å². The summed E-state index contributed by atoms with van der Waals surface area (Å²) in [6.45, 7) is 10.2. The molecule has 0 aliphatic rings. The molecule has 1 aromatic heterocycles. The van der Waals surface area contributed by atoms with Gasteiger partial charge in [0.05, 0.1) is 12.0 Å². The third kappa shape index (κ3) is 5.78. The van der Waals surface area contributed by atoms with Crippen LogP contribution >= 0.6 is 23.1 Å². The summed E-state index contributed by atoms with van der Waals surface area (Å²) < 4.78 is 10.4. The Labute approximate surface area is 181 Å². The molecule has 1 heterocycles. The highest BCUT2D eigenvalue weighted by Crippen LogP contribution is 2.32. The Bertz CT molecular complexity index is 981. The zero-order valence-corrected chi connectivity index (χ0v) is 18.7. The first kappa shape index (κ1) is 21.3. The number of hydrogen-bond acceptors (Lipinski definition) is 5. The molecule has 0 spiro atoms. The first-order valence-electron chi connectivity index (χ1n) is 9.62. The van der Waals surface area contributed by atoms with Gasteiger partial charge in [0.25, 0.3) is 5.19 Å². The summed E-state index contributed by atoms with van der Waals surface area (Å²) in [5, 5.41) is 1.26. The van der Waals surface area contributed by atoms with Crippen LogP contribution in [-0.2, 0) is 6.42 Å². The number of rotatable bonds is 8. The van der Waals surface area contributed by atoms with Gasteiger partial charge in [0, 0.05) is 36.1 Å². The molecule has 3 rings (SSSR count). The zero-order valence-electron chi connectivity index (χ0n) is 17.1. The SMILES string of the molecule is CCN(/C=N\c1cc(C)c(Oc2nc(Cc3ccc(Cl)cc3)ns2)cc1C)CC. The molecule has 0 saturated heterocycles. The zero-order chi connectivity index (χ0) is 20.8. The summed E-state index contributed by atoms with van der Waals surface area (Å²) in [5.74, 6) is 1.51. The lowest BCUT2D eigenvalue weighted by atomic mass is 10.1. The van der Waals surface area contributed by atoms with Crippen molar-refractivity contribution in [3.63, 3.8) is 0 Å². The summed E-state index contributed by atoms with van der Waals surface area (Å²) in [6, 6.07) is 11.8. The van der Waals surface area contributed by atoms with Crippen LogP contribution in [0.15, 0.2) is 41.4 Å². The number of ether oxygens (including phenoxy) is 1. The molecule has 0 saturated carbocycles. The maximum Gasteiger partial charge on any atom is 0.298 e. The second-order valence-corrected chi connectivity index (χ2v) is 7.90. The first-order chi connectivity index (χ1) is 14.0. The van der Waals surface area contributed by atoms with Gasteiger partial charge in [-0.2, -0.15) is 9.36 Å². The van der Waals surface area contributed by atoms with E-state index in [1.165, 1.54) is 11.5 Å². The maximum absolute atomic E-state index is 6.01. The van der Waals surface area contributed by atoms with E-state index in [0.717, 1.165) is 52.1 Å². The Hall–Kier alpha value is -2.44. The van der Waals surface area contributed by atoms with Gasteiger partial charge in [-0.3, -0.25) is 0 Å². The van der Waals surface area contributed by atoms with Crippen LogP contribution in [0.5, 0.6) is 10.9 Å². The highest BCUT2D eigenvalue weighted by Gasteiger charge is 2.11. The second-order valence-electron chi connectivity index (χ2n) is 6.75. The van der Waals surface area contributed by atoms with Gasteiger partial charge in [0.2, 0.25) is 0 Å². The van der Waals surface area contributed by atoms with Crippen LogP contribution in [0.1, 0.15) is 36.4 Å². The van der Waals surface area contributed by atoms with Crippen molar-refractivity contribution in [2.45, 2.75) is 34.1 Å². The first-order valence-corrected chi connectivity index (χ1v) is 10.8. The largest absolute Gasteiger partial charge is 0.430 e. The lowest BCUT2D eigenvalue weighted by Crippen LogP contribution is -2.20. The molecule has 0 unspecified atom stereocenters. The van der Waals surface area contributed by atoms with Crippen LogP contribution in [0.3, 0.4) is 0 Å². The average Bonchev–Trinajstić information content (AvgIpc) is 3.14. The number of aryl methyl sites for hydroxylation is 2. The van der Waals surface area contributed by atoms with E-state index in [2.05, 4.69) is 33.1 Å². The lowest BCUT2D eigenvalue weighted by molar-refractivity contribution is 0.473. The van der Waals surface area contributed by atoms with Crippen molar-refractivity contribution in [1.82, 2.24) is 14.3 Å². The van der Waals surface area contributed by atoms with Gasteiger partial charge in [0.15, 0.2) is 5.82 Å². The van der Waals surface area contributed by atoms with Gasteiger partial charge in [-0.25, -0.2) is 4.99 Å². The Kier molecular flexibility index (Phi) is 7.23. The topological polar surface area (TPSA) is 50.6 Å². The predicted octanol–water partition coefficient (Wildman–Crippen LogP) is 6.19. The minimum Gasteiger partial charge on any atom is -0.430 e. The van der Waals surface area contributed by atoms with Crippen LogP contribution in [0.2, 0.25) is 5.02 Å². The molecule has 29 heavy (non-hydrogen) atoms. The third-order valence-corrected chi connectivity index (χ3v) is 5.47. The van der Waals surface area contributed by atoms with Crippen molar-refractivity contribution < 1.29 is 4.74 Å². The second kappa shape index (κ2) is 9.85. The minimum absolute atomic E-state index is 0.538. The van der Waals surface area contributed by atoms with Gasteiger partial charge in [-0.15, -0.1) is 0 Å². The summed E-state index contributed by atoms with van der Waals surface area (Å²) in [6.07, 6.45) is 2.55. The predicted molar refractivity (Wildman–Crippen MR) is 121 cm³/mol. The van der Waals surface area contributed by atoms with Crippen LogP contribution in [-0.4, -0.2) is 33.7 Å². The van der Waals surface area contributed by atoms with Crippen molar-refractivity contribution in [1.29, 1.82) is 0 Å². The highest BCUT2D eigenvalue weighted by atomic mass is 35.5. The van der Waals surface area contributed by atoms with Gasteiger partial charge in [-0.05, 0) is 68.7 Å². The number of benzene rings is 2. The number of hydrogen-bond donors (Lipinski definition) is 0. The van der Waals surface area contributed by atoms with Crippen LogP contribution in [0.4, 0.5) is 5.69 Å². The van der Waals surface area contributed by atoms with E-state index < -0.39 is 0 Å². The molecular formula is C22H25ClN4OS.